The molecule has 0 bridgehead atoms. The van der Waals surface area contributed by atoms with Crippen molar-refractivity contribution in [3.05, 3.63) is 53.3 Å². The third-order valence-corrected chi connectivity index (χ3v) is 3.29. The van der Waals surface area contributed by atoms with Crippen molar-refractivity contribution in [3.63, 3.8) is 0 Å². The van der Waals surface area contributed by atoms with Gasteiger partial charge in [0.05, 0.1) is 12.7 Å². The first kappa shape index (κ1) is 10.3. The van der Waals surface area contributed by atoms with Gasteiger partial charge in [0.1, 0.15) is 0 Å². The molecule has 3 heteroatoms. The summed E-state index contributed by atoms with van der Waals surface area (Å²) in [5.74, 6) is 0. The summed E-state index contributed by atoms with van der Waals surface area (Å²) in [5, 5.41) is 12.3. The lowest BCUT2D eigenvalue weighted by molar-refractivity contribution is 0.628. The molecule has 1 heterocycles. The van der Waals surface area contributed by atoms with Gasteiger partial charge in [-0.05, 0) is 24.8 Å². The molecule has 0 amide bonds. The van der Waals surface area contributed by atoms with E-state index >= 15 is 0 Å². The number of benzene rings is 1. The summed E-state index contributed by atoms with van der Waals surface area (Å²) < 4.78 is 2.04. The van der Waals surface area contributed by atoms with Gasteiger partial charge in [0.15, 0.2) is 0 Å². The quantitative estimate of drug-likeness (QED) is 0.838. The molecule has 2 aromatic rings. The molecule has 0 atom stereocenters. The summed E-state index contributed by atoms with van der Waals surface area (Å²) in [6.45, 7) is 0.809. The van der Waals surface area contributed by atoms with Crippen LogP contribution in [0.5, 0.6) is 0 Å². The van der Waals surface area contributed by atoms with Crippen LogP contribution in [0.1, 0.15) is 29.7 Å². The van der Waals surface area contributed by atoms with Crippen molar-refractivity contribution in [2.24, 2.45) is 0 Å². The van der Waals surface area contributed by atoms with E-state index in [-0.39, 0.29) is 0 Å². The Morgan fingerprint density at radius 2 is 2.00 bits per heavy atom. The van der Waals surface area contributed by atoms with Crippen molar-refractivity contribution < 1.29 is 0 Å². The van der Waals surface area contributed by atoms with E-state index in [4.69, 9.17) is 5.41 Å². The Morgan fingerprint density at radius 3 is 2.82 bits per heavy atom. The normalized spacial score (nSPS) is 14.7. The predicted molar refractivity (Wildman–Crippen MR) is 67.5 cm³/mol. The van der Waals surface area contributed by atoms with Gasteiger partial charge in [-0.2, -0.15) is 5.10 Å². The van der Waals surface area contributed by atoms with Crippen molar-refractivity contribution in [3.8, 4) is 0 Å². The van der Waals surface area contributed by atoms with Gasteiger partial charge in [0.25, 0.3) is 0 Å². The van der Waals surface area contributed by atoms with E-state index < -0.39 is 0 Å². The van der Waals surface area contributed by atoms with Gasteiger partial charge in [-0.1, -0.05) is 30.3 Å². The highest BCUT2D eigenvalue weighted by Gasteiger charge is 2.18. The van der Waals surface area contributed by atoms with Crippen LogP contribution in [-0.2, 0) is 13.0 Å². The third-order valence-electron chi connectivity index (χ3n) is 3.29. The van der Waals surface area contributed by atoms with E-state index in [0.717, 1.165) is 37.1 Å². The minimum atomic E-state index is 0.741. The number of hydrogen-bond acceptors (Lipinski definition) is 2. The summed E-state index contributed by atoms with van der Waals surface area (Å²) in [6.07, 6.45) is 4.86. The topological polar surface area (TPSA) is 41.7 Å². The number of fused-ring (bicyclic) bond motifs is 1. The van der Waals surface area contributed by atoms with E-state index in [9.17, 15) is 0 Å². The summed E-state index contributed by atoms with van der Waals surface area (Å²) >= 11 is 0. The Kier molecular flexibility index (Phi) is 2.52. The van der Waals surface area contributed by atoms with E-state index in [2.05, 4.69) is 17.2 Å². The largest absolute Gasteiger partial charge is 0.305 e. The Bertz CT molecular complexity index is 540. The lowest BCUT2D eigenvalue weighted by atomic mass is 9.96. The van der Waals surface area contributed by atoms with Crippen LogP contribution in [0.4, 0.5) is 0 Å². The van der Waals surface area contributed by atoms with E-state index in [1.54, 1.807) is 0 Å². The van der Waals surface area contributed by atoms with E-state index in [1.165, 1.54) is 11.3 Å². The number of hydrogen-bond donors (Lipinski definition) is 1. The SMILES string of the molecule is N=C1CCCc2c1cnn2Cc1ccccc1. The second kappa shape index (κ2) is 4.17. The van der Waals surface area contributed by atoms with Gasteiger partial charge in [0.2, 0.25) is 0 Å². The molecular weight excluding hydrogens is 210 g/mol. The molecule has 1 aliphatic rings. The van der Waals surface area contributed by atoms with Crippen molar-refractivity contribution in [1.29, 1.82) is 5.41 Å². The average Bonchev–Trinajstić information content (AvgIpc) is 2.76. The molecule has 17 heavy (non-hydrogen) atoms. The first-order valence-corrected chi connectivity index (χ1v) is 6.01. The molecule has 0 spiro atoms. The fourth-order valence-electron chi connectivity index (χ4n) is 2.39. The molecule has 3 nitrogen and oxygen atoms in total. The highest BCUT2D eigenvalue weighted by molar-refractivity contribution is 5.99. The molecule has 3 rings (SSSR count). The molecule has 0 fully saturated rings. The van der Waals surface area contributed by atoms with Crippen molar-refractivity contribution in [2.45, 2.75) is 25.8 Å². The summed E-state index contributed by atoms with van der Waals surface area (Å²) in [6, 6.07) is 10.4. The smallest absolute Gasteiger partial charge is 0.0662 e. The molecule has 0 saturated heterocycles. The first-order chi connectivity index (χ1) is 8.34. The van der Waals surface area contributed by atoms with Crippen molar-refractivity contribution in [1.82, 2.24) is 9.78 Å². The van der Waals surface area contributed by atoms with Crippen molar-refractivity contribution in [2.75, 3.05) is 0 Å². The number of nitrogens with zero attached hydrogens (tertiary/aromatic N) is 2. The Hall–Kier alpha value is -1.90. The van der Waals surface area contributed by atoms with E-state index in [1.807, 2.05) is 29.1 Å². The number of aromatic nitrogens is 2. The van der Waals surface area contributed by atoms with Crippen LogP contribution in [0, 0.1) is 5.41 Å². The second-order valence-corrected chi connectivity index (χ2v) is 4.48. The number of nitrogens with one attached hydrogen (secondary N) is 1. The zero-order chi connectivity index (χ0) is 11.7. The van der Waals surface area contributed by atoms with Gasteiger partial charge in [-0.25, -0.2) is 0 Å². The van der Waals surface area contributed by atoms with Crippen LogP contribution in [0.15, 0.2) is 36.5 Å². The van der Waals surface area contributed by atoms with E-state index in [0.29, 0.717) is 0 Å². The molecule has 1 N–H and O–H groups in total. The molecule has 0 unspecified atom stereocenters. The summed E-state index contributed by atoms with van der Waals surface area (Å²) in [7, 11) is 0. The average molecular weight is 225 g/mol. The van der Waals surface area contributed by atoms with Crippen LogP contribution in [0.2, 0.25) is 0 Å². The van der Waals surface area contributed by atoms with Crippen LogP contribution >= 0.6 is 0 Å². The first-order valence-electron chi connectivity index (χ1n) is 6.01. The Labute approximate surface area is 101 Å². The maximum Gasteiger partial charge on any atom is 0.0662 e. The minimum absolute atomic E-state index is 0.741. The molecule has 0 radical (unpaired) electrons. The molecule has 1 aliphatic carbocycles. The van der Waals surface area contributed by atoms with Gasteiger partial charge >= 0.3 is 0 Å². The molecular formula is C14H15N3. The maximum atomic E-state index is 7.91. The van der Waals surface area contributed by atoms with Gasteiger partial charge in [0, 0.05) is 17.0 Å². The second-order valence-electron chi connectivity index (χ2n) is 4.48. The van der Waals surface area contributed by atoms with Crippen molar-refractivity contribution >= 4 is 5.71 Å². The predicted octanol–water partition coefficient (Wildman–Crippen LogP) is 2.64. The minimum Gasteiger partial charge on any atom is -0.305 e. The highest BCUT2D eigenvalue weighted by Crippen LogP contribution is 2.21. The fourth-order valence-corrected chi connectivity index (χ4v) is 2.39. The van der Waals surface area contributed by atoms with Crippen LogP contribution in [0.3, 0.4) is 0 Å². The van der Waals surface area contributed by atoms with Crippen LogP contribution < -0.4 is 0 Å². The van der Waals surface area contributed by atoms with Crippen LogP contribution in [-0.4, -0.2) is 15.5 Å². The highest BCUT2D eigenvalue weighted by atomic mass is 15.3. The molecule has 86 valence electrons. The monoisotopic (exact) mass is 225 g/mol. The van der Waals surface area contributed by atoms with Crippen LogP contribution in [0.25, 0.3) is 0 Å². The standard InChI is InChI=1S/C14H15N3/c15-13-7-4-8-14-12(13)9-16-17(14)10-11-5-2-1-3-6-11/h1-3,5-6,9,15H,4,7-8,10H2. The zero-order valence-corrected chi connectivity index (χ0v) is 9.69. The van der Waals surface area contributed by atoms with Gasteiger partial charge in [-0.15, -0.1) is 0 Å². The lowest BCUT2D eigenvalue weighted by Gasteiger charge is -2.14. The molecule has 1 aromatic heterocycles. The van der Waals surface area contributed by atoms with Gasteiger partial charge < -0.3 is 5.41 Å². The molecule has 1 aromatic carbocycles. The zero-order valence-electron chi connectivity index (χ0n) is 9.69. The Morgan fingerprint density at radius 1 is 1.18 bits per heavy atom. The molecule has 0 saturated carbocycles. The molecule has 0 aliphatic heterocycles. The summed E-state index contributed by atoms with van der Waals surface area (Å²) in [4.78, 5) is 0. The summed E-state index contributed by atoms with van der Waals surface area (Å²) in [5.41, 5.74) is 4.28. The fraction of sp³-hybridized carbons (Fsp3) is 0.286. The Balaban J connectivity index is 1.92. The van der Waals surface area contributed by atoms with Gasteiger partial charge in [-0.3, -0.25) is 4.68 Å². The third kappa shape index (κ3) is 1.88. The maximum absolute atomic E-state index is 7.91. The lowest BCUT2D eigenvalue weighted by Crippen LogP contribution is -2.14. The number of rotatable bonds is 2.